The van der Waals surface area contributed by atoms with Gasteiger partial charge in [-0.3, -0.25) is 0 Å². The van der Waals surface area contributed by atoms with E-state index in [1.165, 1.54) is 24.3 Å². The van der Waals surface area contributed by atoms with Crippen LogP contribution in [0.4, 0.5) is 0 Å². The second kappa shape index (κ2) is 5.90. The van der Waals surface area contributed by atoms with E-state index in [2.05, 4.69) is 31.9 Å². The molecule has 7 heteroatoms. The van der Waals surface area contributed by atoms with Crippen LogP contribution in [0.3, 0.4) is 0 Å². The minimum absolute atomic E-state index is 0.0308. The second-order valence-corrected chi connectivity index (χ2v) is 6.83. The average Bonchev–Trinajstić information content (AvgIpc) is 2.38. The van der Waals surface area contributed by atoms with Gasteiger partial charge >= 0.3 is 11.9 Å². The van der Waals surface area contributed by atoms with Gasteiger partial charge in [0, 0.05) is 12.8 Å². The minimum Gasteiger partial charge on any atom is -0.479 e. The van der Waals surface area contributed by atoms with E-state index >= 15 is 0 Å². The standard InChI is InChI=1S/C14H12Br2O5/c15-9-3-1-5-13(7-9,11(17)18)21-14(12(19)20)6-2-4-10(16)8-14/h1-6H,7-8H2,(H,17,18)(H,19,20)/t13-,14-/m1/s1. The second-order valence-electron chi connectivity index (χ2n) is 4.79. The number of hydrogen-bond donors (Lipinski definition) is 2. The largest absolute Gasteiger partial charge is 0.479 e. The zero-order chi connectivity index (χ0) is 15.7. The summed E-state index contributed by atoms with van der Waals surface area (Å²) in [5.41, 5.74) is -3.44. The summed E-state index contributed by atoms with van der Waals surface area (Å²) >= 11 is 6.49. The van der Waals surface area contributed by atoms with Crippen LogP contribution in [0.25, 0.3) is 0 Å². The normalized spacial score (nSPS) is 31.5. The van der Waals surface area contributed by atoms with E-state index in [9.17, 15) is 19.8 Å². The highest BCUT2D eigenvalue weighted by Gasteiger charge is 2.50. The Kier molecular flexibility index (Phi) is 4.55. The van der Waals surface area contributed by atoms with E-state index in [1.54, 1.807) is 12.2 Å². The van der Waals surface area contributed by atoms with Crippen LogP contribution < -0.4 is 0 Å². The molecule has 0 saturated heterocycles. The third-order valence-electron chi connectivity index (χ3n) is 3.24. The number of hydrogen-bond acceptors (Lipinski definition) is 3. The lowest BCUT2D eigenvalue weighted by Crippen LogP contribution is -2.52. The van der Waals surface area contributed by atoms with Crippen molar-refractivity contribution in [3.05, 3.63) is 45.4 Å². The summed E-state index contributed by atoms with van der Waals surface area (Å²) < 4.78 is 6.91. The molecule has 2 atom stereocenters. The summed E-state index contributed by atoms with van der Waals surface area (Å²) in [5, 5.41) is 19.1. The Bertz CT molecular complexity index is 552. The molecular formula is C14H12Br2O5. The Balaban J connectivity index is 2.40. The zero-order valence-electron chi connectivity index (χ0n) is 10.8. The smallest absolute Gasteiger partial charge is 0.340 e. The van der Waals surface area contributed by atoms with Crippen LogP contribution in [0.5, 0.6) is 0 Å². The highest BCUT2D eigenvalue weighted by molar-refractivity contribution is 9.12. The summed E-state index contributed by atoms with van der Waals surface area (Å²) in [7, 11) is 0. The molecule has 0 saturated carbocycles. The molecule has 21 heavy (non-hydrogen) atoms. The first-order valence-corrected chi connectivity index (χ1v) is 7.63. The highest BCUT2D eigenvalue weighted by atomic mass is 79.9. The fourth-order valence-corrected chi connectivity index (χ4v) is 3.34. The first kappa shape index (κ1) is 16.2. The van der Waals surface area contributed by atoms with Crippen LogP contribution in [-0.4, -0.2) is 33.4 Å². The van der Waals surface area contributed by atoms with Crippen molar-refractivity contribution in [2.24, 2.45) is 0 Å². The summed E-state index contributed by atoms with van der Waals surface area (Å²) in [6, 6.07) is 0. The van der Waals surface area contributed by atoms with Crippen molar-refractivity contribution in [3.63, 3.8) is 0 Å². The lowest BCUT2D eigenvalue weighted by Gasteiger charge is -2.38. The molecular weight excluding hydrogens is 408 g/mol. The lowest BCUT2D eigenvalue weighted by atomic mass is 9.90. The quantitative estimate of drug-likeness (QED) is 0.731. The van der Waals surface area contributed by atoms with Gasteiger partial charge in [-0.25, -0.2) is 9.59 Å². The first-order chi connectivity index (χ1) is 9.80. The first-order valence-electron chi connectivity index (χ1n) is 6.04. The molecule has 0 amide bonds. The number of aliphatic carboxylic acids is 2. The molecule has 2 aliphatic carbocycles. The number of carbonyl (C=O) groups is 2. The molecule has 0 aromatic carbocycles. The SMILES string of the molecule is O=C(O)[C@@]1(O[C@]2(C(=O)O)C=CC=C(Br)C2)C=CC=C(Br)C1. The van der Waals surface area contributed by atoms with Crippen LogP contribution in [0.1, 0.15) is 12.8 Å². The van der Waals surface area contributed by atoms with Crippen molar-refractivity contribution in [2.45, 2.75) is 24.0 Å². The molecule has 2 rings (SSSR count). The Morgan fingerprint density at radius 1 is 0.952 bits per heavy atom. The van der Waals surface area contributed by atoms with Gasteiger partial charge in [-0.1, -0.05) is 56.2 Å². The number of rotatable bonds is 4. The van der Waals surface area contributed by atoms with Crippen molar-refractivity contribution < 1.29 is 24.5 Å². The van der Waals surface area contributed by atoms with Gasteiger partial charge in [0.2, 0.25) is 0 Å². The van der Waals surface area contributed by atoms with Crippen LogP contribution in [0.2, 0.25) is 0 Å². The Morgan fingerprint density at radius 3 is 1.62 bits per heavy atom. The van der Waals surface area contributed by atoms with Crippen LogP contribution in [0.15, 0.2) is 45.4 Å². The molecule has 112 valence electrons. The molecule has 0 fully saturated rings. The zero-order valence-corrected chi connectivity index (χ0v) is 13.9. The van der Waals surface area contributed by atoms with Gasteiger partial charge in [0.05, 0.1) is 0 Å². The molecule has 0 aromatic rings. The maximum Gasteiger partial charge on any atom is 0.340 e. The fourth-order valence-electron chi connectivity index (χ4n) is 2.20. The van der Waals surface area contributed by atoms with Gasteiger partial charge in [-0.05, 0) is 21.1 Å². The molecule has 0 radical (unpaired) electrons. The monoisotopic (exact) mass is 418 g/mol. The molecule has 0 unspecified atom stereocenters. The van der Waals surface area contributed by atoms with Crippen molar-refractivity contribution in [2.75, 3.05) is 0 Å². The van der Waals surface area contributed by atoms with E-state index in [0.29, 0.717) is 8.96 Å². The summed E-state index contributed by atoms with van der Waals surface area (Å²) in [5.74, 6) is -2.47. The van der Waals surface area contributed by atoms with Crippen molar-refractivity contribution in [1.82, 2.24) is 0 Å². The minimum atomic E-state index is -1.72. The van der Waals surface area contributed by atoms with Gasteiger partial charge in [0.25, 0.3) is 0 Å². The molecule has 0 aliphatic heterocycles. The number of carboxylic acid groups (broad SMARTS) is 2. The number of ether oxygens (including phenoxy) is 1. The van der Waals surface area contributed by atoms with Gasteiger partial charge in [-0.15, -0.1) is 0 Å². The average molecular weight is 420 g/mol. The fraction of sp³-hybridized carbons (Fsp3) is 0.286. The van der Waals surface area contributed by atoms with E-state index in [0.717, 1.165) is 0 Å². The van der Waals surface area contributed by atoms with E-state index in [4.69, 9.17) is 4.74 Å². The van der Waals surface area contributed by atoms with E-state index in [1.807, 2.05) is 0 Å². The molecule has 0 bridgehead atoms. The maximum absolute atomic E-state index is 11.7. The van der Waals surface area contributed by atoms with Crippen LogP contribution >= 0.6 is 31.9 Å². The molecule has 0 spiro atoms. The molecule has 0 heterocycles. The lowest BCUT2D eigenvalue weighted by molar-refractivity contribution is -0.187. The number of carboxylic acids is 2. The van der Waals surface area contributed by atoms with Crippen molar-refractivity contribution >= 4 is 43.8 Å². The Morgan fingerprint density at radius 2 is 1.33 bits per heavy atom. The van der Waals surface area contributed by atoms with Gasteiger partial charge < -0.3 is 14.9 Å². The number of allylic oxidation sites excluding steroid dienone is 4. The van der Waals surface area contributed by atoms with Gasteiger partial charge in [0.15, 0.2) is 11.2 Å². The van der Waals surface area contributed by atoms with Crippen molar-refractivity contribution in [1.29, 1.82) is 0 Å². The molecule has 5 nitrogen and oxygen atoms in total. The predicted molar refractivity (Wildman–Crippen MR) is 83.4 cm³/mol. The topological polar surface area (TPSA) is 83.8 Å². The van der Waals surface area contributed by atoms with E-state index < -0.39 is 23.1 Å². The molecule has 2 aliphatic rings. The van der Waals surface area contributed by atoms with Crippen LogP contribution in [0, 0.1) is 0 Å². The van der Waals surface area contributed by atoms with Crippen LogP contribution in [-0.2, 0) is 14.3 Å². The Labute approximate surface area is 137 Å². The third kappa shape index (κ3) is 3.20. The molecule has 0 aromatic heterocycles. The van der Waals surface area contributed by atoms with Gasteiger partial charge in [0.1, 0.15) is 0 Å². The summed E-state index contributed by atoms with van der Waals surface area (Å²) in [4.78, 5) is 23.3. The van der Waals surface area contributed by atoms with E-state index in [-0.39, 0.29) is 12.8 Å². The van der Waals surface area contributed by atoms with Crippen molar-refractivity contribution in [3.8, 4) is 0 Å². The molecule has 2 N–H and O–H groups in total. The summed E-state index contributed by atoms with van der Waals surface area (Å²) in [6.07, 6.45) is 9.26. The Hall–Kier alpha value is -1.18. The maximum atomic E-state index is 11.7. The summed E-state index contributed by atoms with van der Waals surface area (Å²) in [6.45, 7) is 0. The van der Waals surface area contributed by atoms with Gasteiger partial charge in [-0.2, -0.15) is 0 Å². The predicted octanol–water partition coefficient (Wildman–Crippen LogP) is 3.13. The highest BCUT2D eigenvalue weighted by Crippen LogP contribution is 2.39. The number of halogens is 2. The third-order valence-corrected chi connectivity index (χ3v) is 4.33.